The molecule has 1 saturated carbocycles. The van der Waals surface area contributed by atoms with Crippen molar-refractivity contribution in [3.05, 3.63) is 0 Å². The Bertz CT molecular complexity index is 377. The molecule has 23 heavy (non-hydrogen) atoms. The van der Waals surface area contributed by atoms with Crippen molar-refractivity contribution in [1.82, 2.24) is 15.5 Å². The number of aliphatic imine (C=N–C) groups is 1. The van der Waals surface area contributed by atoms with Gasteiger partial charge in [-0.05, 0) is 38.5 Å². The van der Waals surface area contributed by atoms with E-state index in [1.54, 1.807) is 0 Å². The quantitative estimate of drug-likeness (QED) is 0.390. The van der Waals surface area contributed by atoms with Gasteiger partial charge in [0.05, 0.1) is 0 Å². The molecule has 0 radical (unpaired) electrons. The molecule has 132 valence electrons. The molecule has 1 aliphatic carbocycles. The Balaban J connectivity index is 1.58. The lowest BCUT2D eigenvalue weighted by Gasteiger charge is -2.15. The molecule has 1 heterocycles. The van der Waals surface area contributed by atoms with E-state index >= 15 is 0 Å². The second-order valence-electron chi connectivity index (χ2n) is 6.82. The SMILES string of the molecule is CCNC(=NCCCN1CCCC1=O)NCCCC1CCCC1. The maximum absolute atomic E-state index is 11.6. The summed E-state index contributed by atoms with van der Waals surface area (Å²) in [5.74, 6) is 2.20. The first kappa shape index (κ1) is 18.1. The summed E-state index contributed by atoms with van der Waals surface area (Å²) in [5, 5.41) is 6.75. The molecule has 1 aliphatic heterocycles. The normalized spacial score (nSPS) is 19.6. The Morgan fingerprint density at radius 1 is 1.22 bits per heavy atom. The van der Waals surface area contributed by atoms with Crippen LogP contribution in [0.2, 0.25) is 0 Å². The first-order chi connectivity index (χ1) is 11.3. The highest BCUT2D eigenvalue weighted by Gasteiger charge is 2.18. The Labute approximate surface area is 141 Å². The van der Waals surface area contributed by atoms with E-state index in [1.165, 1.54) is 38.5 Å². The van der Waals surface area contributed by atoms with Crippen LogP contribution in [0.1, 0.15) is 64.7 Å². The average Bonchev–Trinajstić information content (AvgIpc) is 3.20. The fourth-order valence-corrected chi connectivity index (χ4v) is 3.63. The molecular formula is C18H34N4O. The Morgan fingerprint density at radius 3 is 2.74 bits per heavy atom. The molecule has 0 aromatic rings. The number of nitrogens with one attached hydrogen (secondary N) is 2. The van der Waals surface area contributed by atoms with Crippen LogP contribution in [0, 0.1) is 5.92 Å². The van der Waals surface area contributed by atoms with Crippen LogP contribution in [0.25, 0.3) is 0 Å². The van der Waals surface area contributed by atoms with Gasteiger partial charge in [0.2, 0.25) is 5.91 Å². The molecule has 1 saturated heterocycles. The number of carbonyl (C=O) groups excluding carboxylic acids is 1. The zero-order chi connectivity index (χ0) is 16.3. The number of nitrogens with zero attached hydrogens (tertiary/aromatic N) is 2. The predicted molar refractivity (Wildman–Crippen MR) is 95.6 cm³/mol. The Hall–Kier alpha value is -1.26. The molecule has 2 aliphatic rings. The topological polar surface area (TPSA) is 56.7 Å². The summed E-state index contributed by atoms with van der Waals surface area (Å²) in [6.45, 7) is 6.55. The lowest BCUT2D eigenvalue weighted by Crippen LogP contribution is -2.38. The van der Waals surface area contributed by atoms with Crippen molar-refractivity contribution in [2.24, 2.45) is 10.9 Å². The average molecular weight is 322 g/mol. The number of hydrogen-bond acceptors (Lipinski definition) is 2. The van der Waals surface area contributed by atoms with Gasteiger partial charge in [-0.3, -0.25) is 9.79 Å². The van der Waals surface area contributed by atoms with Crippen LogP contribution < -0.4 is 10.6 Å². The molecule has 0 aromatic heterocycles. The summed E-state index contributed by atoms with van der Waals surface area (Å²) < 4.78 is 0. The van der Waals surface area contributed by atoms with Crippen molar-refractivity contribution in [3.8, 4) is 0 Å². The maximum atomic E-state index is 11.6. The monoisotopic (exact) mass is 322 g/mol. The van der Waals surface area contributed by atoms with Crippen molar-refractivity contribution in [3.63, 3.8) is 0 Å². The van der Waals surface area contributed by atoms with Gasteiger partial charge in [-0.25, -0.2) is 0 Å². The third-order valence-electron chi connectivity index (χ3n) is 4.93. The molecule has 0 aromatic carbocycles. The van der Waals surface area contributed by atoms with Gasteiger partial charge in [0.25, 0.3) is 0 Å². The van der Waals surface area contributed by atoms with E-state index in [0.29, 0.717) is 5.91 Å². The Kier molecular flexibility index (Phi) is 8.26. The van der Waals surface area contributed by atoms with Gasteiger partial charge in [0.15, 0.2) is 5.96 Å². The van der Waals surface area contributed by atoms with Crippen molar-refractivity contribution >= 4 is 11.9 Å². The van der Waals surface area contributed by atoms with E-state index < -0.39 is 0 Å². The summed E-state index contributed by atoms with van der Waals surface area (Å²) in [7, 11) is 0. The lowest BCUT2D eigenvalue weighted by atomic mass is 10.0. The molecule has 2 fully saturated rings. The van der Waals surface area contributed by atoms with Crippen LogP contribution in [0.5, 0.6) is 0 Å². The van der Waals surface area contributed by atoms with Gasteiger partial charge in [-0.15, -0.1) is 0 Å². The molecular weight excluding hydrogens is 288 g/mol. The van der Waals surface area contributed by atoms with Gasteiger partial charge in [-0.1, -0.05) is 25.7 Å². The van der Waals surface area contributed by atoms with E-state index in [1.807, 2.05) is 4.90 Å². The van der Waals surface area contributed by atoms with Crippen molar-refractivity contribution in [2.75, 3.05) is 32.7 Å². The standard InChI is InChI=1S/C18H34N4O/c1-2-19-18(20-12-5-10-16-8-3-4-9-16)21-13-7-15-22-14-6-11-17(22)23/h16H,2-15H2,1H3,(H2,19,20,21). The molecule has 1 amide bonds. The van der Waals surface area contributed by atoms with E-state index in [9.17, 15) is 4.79 Å². The summed E-state index contributed by atoms with van der Waals surface area (Å²) in [4.78, 5) is 18.1. The van der Waals surface area contributed by atoms with Crippen LogP contribution in [0.3, 0.4) is 0 Å². The minimum atomic E-state index is 0.311. The van der Waals surface area contributed by atoms with Crippen molar-refractivity contribution in [2.45, 2.75) is 64.7 Å². The maximum Gasteiger partial charge on any atom is 0.222 e. The fraction of sp³-hybridized carbons (Fsp3) is 0.889. The van der Waals surface area contributed by atoms with Crippen LogP contribution in [-0.2, 0) is 4.79 Å². The highest BCUT2D eigenvalue weighted by Crippen LogP contribution is 2.28. The van der Waals surface area contributed by atoms with Crippen LogP contribution >= 0.6 is 0 Å². The molecule has 0 unspecified atom stereocenters. The summed E-state index contributed by atoms with van der Waals surface area (Å²) in [5.41, 5.74) is 0. The molecule has 0 spiro atoms. The Morgan fingerprint density at radius 2 is 2.04 bits per heavy atom. The largest absolute Gasteiger partial charge is 0.357 e. The first-order valence-corrected chi connectivity index (χ1v) is 9.59. The molecule has 0 atom stereocenters. The minimum absolute atomic E-state index is 0.311. The van der Waals surface area contributed by atoms with Gasteiger partial charge in [0, 0.05) is 39.1 Å². The number of carbonyl (C=O) groups is 1. The predicted octanol–water partition coefficient (Wildman–Crippen LogP) is 2.52. The molecule has 5 nitrogen and oxygen atoms in total. The fourth-order valence-electron chi connectivity index (χ4n) is 3.63. The second kappa shape index (κ2) is 10.5. The molecule has 2 rings (SSSR count). The van der Waals surface area contributed by atoms with Gasteiger partial charge >= 0.3 is 0 Å². The molecule has 5 heteroatoms. The highest BCUT2D eigenvalue weighted by molar-refractivity contribution is 5.79. The summed E-state index contributed by atoms with van der Waals surface area (Å²) in [6.07, 6.45) is 11.0. The highest BCUT2D eigenvalue weighted by atomic mass is 16.2. The number of rotatable bonds is 9. The van der Waals surface area contributed by atoms with E-state index in [4.69, 9.17) is 0 Å². The van der Waals surface area contributed by atoms with Crippen molar-refractivity contribution in [1.29, 1.82) is 0 Å². The van der Waals surface area contributed by atoms with Crippen LogP contribution in [0.15, 0.2) is 4.99 Å². The summed E-state index contributed by atoms with van der Waals surface area (Å²) >= 11 is 0. The van der Waals surface area contributed by atoms with E-state index in [-0.39, 0.29) is 0 Å². The van der Waals surface area contributed by atoms with E-state index in [2.05, 4.69) is 22.5 Å². The lowest BCUT2D eigenvalue weighted by molar-refractivity contribution is -0.127. The third kappa shape index (κ3) is 6.80. The first-order valence-electron chi connectivity index (χ1n) is 9.59. The number of hydrogen-bond donors (Lipinski definition) is 2. The number of amides is 1. The third-order valence-corrected chi connectivity index (χ3v) is 4.93. The summed E-state index contributed by atoms with van der Waals surface area (Å²) in [6, 6.07) is 0. The second-order valence-corrected chi connectivity index (χ2v) is 6.82. The van der Waals surface area contributed by atoms with Crippen LogP contribution in [0.4, 0.5) is 0 Å². The van der Waals surface area contributed by atoms with Gasteiger partial charge in [-0.2, -0.15) is 0 Å². The van der Waals surface area contributed by atoms with E-state index in [0.717, 1.165) is 63.9 Å². The number of guanidine groups is 1. The smallest absolute Gasteiger partial charge is 0.222 e. The van der Waals surface area contributed by atoms with Gasteiger partial charge < -0.3 is 15.5 Å². The zero-order valence-electron chi connectivity index (χ0n) is 14.8. The molecule has 2 N–H and O–H groups in total. The van der Waals surface area contributed by atoms with Crippen LogP contribution in [-0.4, -0.2) is 49.5 Å². The van der Waals surface area contributed by atoms with Crippen molar-refractivity contribution < 1.29 is 4.79 Å². The molecule has 0 bridgehead atoms. The number of likely N-dealkylation sites (tertiary alicyclic amines) is 1. The van der Waals surface area contributed by atoms with Gasteiger partial charge in [0.1, 0.15) is 0 Å². The minimum Gasteiger partial charge on any atom is -0.357 e. The zero-order valence-corrected chi connectivity index (χ0v) is 14.8.